The number of hydrogen-bond donors (Lipinski definition) is 1. The molecule has 0 atom stereocenters. The van der Waals surface area contributed by atoms with Gasteiger partial charge >= 0.3 is 0 Å². The molecule has 26 heavy (non-hydrogen) atoms. The fourth-order valence-electron chi connectivity index (χ4n) is 3.11. The van der Waals surface area contributed by atoms with E-state index in [2.05, 4.69) is 5.32 Å². The number of thiophene rings is 1. The summed E-state index contributed by atoms with van der Waals surface area (Å²) in [5.41, 5.74) is 0.927. The van der Waals surface area contributed by atoms with Crippen molar-refractivity contribution in [1.82, 2.24) is 10.2 Å². The molecule has 138 valence electrons. The number of carbonyl (C=O) groups is 2. The number of amides is 2. The van der Waals surface area contributed by atoms with Crippen LogP contribution < -0.4 is 5.32 Å². The molecule has 1 aliphatic heterocycles. The minimum absolute atomic E-state index is 0.0442. The van der Waals surface area contributed by atoms with Crippen LogP contribution in [0.5, 0.6) is 0 Å². The molecule has 0 radical (unpaired) electrons. The Morgan fingerprint density at radius 2 is 1.92 bits per heavy atom. The Bertz CT molecular complexity index is 772. The van der Waals surface area contributed by atoms with Crippen LogP contribution in [0, 0.1) is 5.92 Å². The first-order valence-electron chi connectivity index (χ1n) is 8.59. The quantitative estimate of drug-likeness (QED) is 0.799. The summed E-state index contributed by atoms with van der Waals surface area (Å²) in [6.45, 7) is 1.76. The minimum atomic E-state index is -0.0442. The zero-order valence-corrected chi connectivity index (χ0v) is 16.5. The predicted octanol–water partition coefficient (Wildman–Crippen LogP) is 4.27. The van der Waals surface area contributed by atoms with Gasteiger partial charge in [0, 0.05) is 25.6 Å². The number of nitrogens with zero attached hydrogens (tertiary/aromatic N) is 1. The maximum Gasteiger partial charge on any atom is 0.263 e. The van der Waals surface area contributed by atoms with Gasteiger partial charge in [-0.3, -0.25) is 9.59 Å². The van der Waals surface area contributed by atoms with Crippen molar-refractivity contribution in [2.45, 2.75) is 19.3 Å². The molecule has 4 nitrogen and oxygen atoms in total. The van der Waals surface area contributed by atoms with Crippen LogP contribution in [-0.2, 0) is 11.2 Å². The second-order valence-electron chi connectivity index (χ2n) is 6.30. The monoisotopic (exact) mass is 410 g/mol. The normalized spacial score (nSPS) is 15.1. The second-order valence-corrected chi connectivity index (χ2v) is 8.03. The topological polar surface area (TPSA) is 49.4 Å². The first-order chi connectivity index (χ1) is 12.6. The first-order valence-corrected chi connectivity index (χ1v) is 10.2. The number of carbonyl (C=O) groups excluding carboxylic acids is 2. The fourth-order valence-corrected chi connectivity index (χ4v) is 4.21. The molecule has 0 spiro atoms. The highest BCUT2D eigenvalue weighted by molar-refractivity contribution is 7.12. The molecular formula is C19H20Cl2N2O2S. The van der Waals surface area contributed by atoms with E-state index in [1.807, 2.05) is 34.5 Å². The molecule has 1 aromatic carbocycles. The Labute approximate surface area is 167 Å². The Kier molecular flexibility index (Phi) is 6.57. The summed E-state index contributed by atoms with van der Waals surface area (Å²) in [6, 6.07) is 9.23. The number of rotatable bonds is 5. The number of piperidine rings is 1. The number of benzene rings is 1. The van der Waals surface area contributed by atoms with Crippen LogP contribution in [0.1, 0.15) is 28.1 Å². The van der Waals surface area contributed by atoms with E-state index in [9.17, 15) is 9.59 Å². The van der Waals surface area contributed by atoms with Gasteiger partial charge in [0.2, 0.25) is 5.91 Å². The van der Waals surface area contributed by atoms with Crippen molar-refractivity contribution in [3.63, 3.8) is 0 Å². The predicted molar refractivity (Wildman–Crippen MR) is 106 cm³/mol. The van der Waals surface area contributed by atoms with E-state index in [-0.39, 0.29) is 17.7 Å². The summed E-state index contributed by atoms with van der Waals surface area (Å²) < 4.78 is 0. The van der Waals surface area contributed by atoms with Gasteiger partial charge in [-0.2, -0.15) is 0 Å². The highest BCUT2D eigenvalue weighted by Gasteiger charge is 2.27. The Morgan fingerprint density at radius 3 is 2.62 bits per heavy atom. The molecule has 0 unspecified atom stereocenters. The van der Waals surface area contributed by atoms with Gasteiger partial charge in [-0.15, -0.1) is 11.3 Å². The van der Waals surface area contributed by atoms with Crippen LogP contribution in [0.15, 0.2) is 35.7 Å². The van der Waals surface area contributed by atoms with Gasteiger partial charge in [0.25, 0.3) is 5.91 Å². The highest BCUT2D eigenvalue weighted by atomic mass is 35.5. The van der Waals surface area contributed by atoms with E-state index in [0.717, 1.165) is 10.4 Å². The molecule has 1 saturated heterocycles. The molecule has 1 aromatic heterocycles. The zero-order chi connectivity index (χ0) is 18.5. The van der Waals surface area contributed by atoms with E-state index in [4.69, 9.17) is 23.2 Å². The van der Waals surface area contributed by atoms with Gasteiger partial charge in [0.1, 0.15) is 0 Å². The van der Waals surface area contributed by atoms with Crippen LogP contribution in [0.2, 0.25) is 10.0 Å². The minimum Gasteiger partial charge on any atom is -0.356 e. The van der Waals surface area contributed by atoms with Crippen molar-refractivity contribution in [2.24, 2.45) is 5.92 Å². The van der Waals surface area contributed by atoms with E-state index in [1.54, 1.807) is 6.07 Å². The summed E-state index contributed by atoms with van der Waals surface area (Å²) in [5.74, 6) is 0.0676. The van der Waals surface area contributed by atoms with Gasteiger partial charge < -0.3 is 10.2 Å². The van der Waals surface area contributed by atoms with Crippen molar-refractivity contribution in [1.29, 1.82) is 0 Å². The molecule has 2 aromatic rings. The number of nitrogens with one attached hydrogen (secondary N) is 1. The third-order valence-corrected chi connectivity index (χ3v) is 6.33. The number of likely N-dealkylation sites (tertiary alicyclic amines) is 1. The standard InChI is InChI=1S/C19H20Cl2N2O2S/c20-15-4-1-3-13(17(15)21)6-9-22-18(24)14-7-10-23(11-8-14)19(25)16-5-2-12-26-16/h1-5,12,14H,6-11H2,(H,22,24). The molecule has 1 fully saturated rings. The highest BCUT2D eigenvalue weighted by Crippen LogP contribution is 2.26. The molecular weight excluding hydrogens is 391 g/mol. The van der Waals surface area contributed by atoms with Crippen molar-refractivity contribution < 1.29 is 9.59 Å². The van der Waals surface area contributed by atoms with Crippen LogP contribution in [-0.4, -0.2) is 36.3 Å². The molecule has 1 aliphatic rings. The van der Waals surface area contributed by atoms with Crippen molar-refractivity contribution in [3.8, 4) is 0 Å². The summed E-state index contributed by atoms with van der Waals surface area (Å²) in [6.07, 6.45) is 2.03. The van der Waals surface area contributed by atoms with Crippen molar-refractivity contribution in [3.05, 3.63) is 56.2 Å². The summed E-state index contributed by atoms with van der Waals surface area (Å²) >= 11 is 13.6. The largest absolute Gasteiger partial charge is 0.356 e. The molecule has 0 bridgehead atoms. The molecule has 7 heteroatoms. The Hall–Kier alpha value is -1.56. The van der Waals surface area contributed by atoms with Gasteiger partial charge in [0.15, 0.2) is 0 Å². The molecule has 1 N–H and O–H groups in total. The van der Waals surface area contributed by atoms with Crippen LogP contribution in [0.3, 0.4) is 0 Å². The molecule has 3 rings (SSSR count). The first kappa shape index (κ1) is 19.2. The zero-order valence-electron chi connectivity index (χ0n) is 14.2. The smallest absolute Gasteiger partial charge is 0.263 e. The van der Waals surface area contributed by atoms with Crippen molar-refractivity contribution >= 4 is 46.4 Å². The average molecular weight is 411 g/mol. The lowest BCUT2D eigenvalue weighted by atomic mass is 9.95. The van der Waals surface area contributed by atoms with Crippen LogP contribution >= 0.6 is 34.5 Å². The van der Waals surface area contributed by atoms with Gasteiger partial charge in [-0.1, -0.05) is 41.4 Å². The molecule has 2 amide bonds. The Balaban J connectivity index is 1.44. The lowest BCUT2D eigenvalue weighted by molar-refractivity contribution is -0.126. The third-order valence-electron chi connectivity index (χ3n) is 4.61. The average Bonchev–Trinajstić information content (AvgIpc) is 3.19. The summed E-state index contributed by atoms with van der Waals surface area (Å²) in [5, 5.41) is 5.95. The van der Waals surface area contributed by atoms with E-state index in [1.165, 1.54) is 11.3 Å². The van der Waals surface area contributed by atoms with E-state index >= 15 is 0 Å². The molecule has 0 saturated carbocycles. The van der Waals surface area contributed by atoms with E-state index < -0.39 is 0 Å². The lowest BCUT2D eigenvalue weighted by Gasteiger charge is -2.31. The molecule has 2 heterocycles. The maximum absolute atomic E-state index is 12.4. The maximum atomic E-state index is 12.4. The summed E-state index contributed by atoms with van der Waals surface area (Å²) in [7, 11) is 0. The number of halogens is 2. The van der Waals surface area contributed by atoms with E-state index in [0.29, 0.717) is 48.9 Å². The lowest BCUT2D eigenvalue weighted by Crippen LogP contribution is -2.43. The van der Waals surface area contributed by atoms with Crippen LogP contribution in [0.25, 0.3) is 0 Å². The Morgan fingerprint density at radius 1 is 1.15 bits per heavy atom. The fraction of sp³-hybridized carbons (Fsp3) is 0.368. The third kappa shape index (κ3) is 4.58. The SMILES string of the molecule is O=C(NCCc1cccc(Cl)c1Cl)C1CCN(C(=O)c2cccs2)CC1. The van der Waals surface area contributed by atoms with Gasteiger partial charge in [-0.05, 0) is 42.3 Å². The number of hydrogen-bond acceptors (Lipinski definition) is 3. The second kappa shape index (κ2) is 8.89. The molecule has 0 aliphatic carbocycles. The van der Waals surface area contributed by atoms with Crippen molar-refractivity contribution in [2.75, 3.05) is 19.6 Å². The van der Waals surface area contributed by atoms with Gasteiger partial charge in [0.05, 0.1) is 14.9 Å². The summed E-state index contributed by atoms with van der Waals surface area (Å²) in [4.78, 5) is 27.3. The van der Waals surface area contributed by atoms with Crippen LogP contribution in [0.4, 0.5) is 0 Å². The van der Waals surface area contributed by atoms with Gasteiger partial charge in [-0.25, -0.2) is 0 Å².